The minimum Gasteiger partial charge on any atom is -0.508 e. The first-order valence-corrected chi connectivity index (χ1v) is 5.94. The zero-order valence-corrected chi connectivity index (χ0v) is 10.1. The molecule has 0 amide bonds. The zero-order chi connectivity index (χ0) is 13.2. The number of aromatic amines is 1. The SMILES string of the molecule is Oc1ccc(OCc2cc3cccc(O)c3[nH]2)cc1. The molecule has 0 aliphatic carbocycles. The smallest absolute Gasteiger partial charge is 0.139 e. The van der Waals surface area contributed by atoms with Crippen LogP contribution in [0.25, 0.3) is 10.9 Å². The molecule has 2 aromatic carbocycles. The van der Waals surface area contributed by atoms with Crippen LogP contribution in [0.3, 0.4) is 0 Å². The van der Waals surface area contributed by atoms with Crippen molar-refractivity contribution in [2.75, 3.05) is 0 Å². The molecule has 3 aromatic rings. The first kappa shape index (κ1) is 11.5. The molecule has 0 aliphatic heterocycles. The van der Waals surface area contributed by atoms with Crippen molar-refractivity contribution in [2.45, 2.75) is 6.61 Å². The van der Waals surface area contributed by atoms with Crippen molar-refractivity contribution in [2.24, 2.45) is 0 Å². The van der Waals surface area contributed by atoms with Crippen molar-refractivity contribution < 1.29 is 14.9 Å². The third-order valence-electron chi connectivity index (χ3n) is 2.92. The maximum atomic E-state index is 9.70. The molecule has 0 saturated heterocycles. The number of ether oxygens (including phenoxy) is 1. The van der Waals surface area contributed by atoms with E-state index in [0.29, 0.717) is 17.9 Å². The van der Waals surface area contributed by atoms with Gasteiger partial charge in [-0.2, -0.15) is 0 Å². The fraction of sp³-hybridized carbons (Fsp3) is 0.0667. The highest BCUT2D eigenvalue weighted by molar-refractivity contribution is 5.85. The molecule has 0 saturated carbocycles. The molecule has 19 heavy (non-hydrogen) atoms. The van der Waals surface area contributed by atoms with Crippen molar-refractivity contribution in [1.82, 2.24) is 4.98 Å². The van der Waals surface area contributed by atoms with Crippen LogP contribution in [0, 0.1) is 0 Å². The summed E-state index contributed by atoms with van der Waals surface area (Å²) < 4.78 is 5.59. The standard InChI is InChI=1S/C15H13NO3/c17-12-4-6-13(7-5-12)19-9-11-8-10-2-1-3-14(18)15(10)16-11/h1-8,16-18H,9H2. The van der Waals surface area contributed by atoms with Crippen LogP contribution in [-0.2, 0) is 6.61 Å². The number of phenolic OH excluding ortho intramolecular Hbond substituents is 2. The summed E-state index contributed by atoms with van der Waals surface area (Å²) >= 11 is 0. The zero-order valence-electron chi connectivity index (χ0n) is 10.1. The number of hydrogen-bond acceptors (Lipinski definition) is 3. The molecule has 0 atom stereocenters. The van der Waals surface area contributed by atoms with Crippen molar-refractivity contribution in [3.05, 3.63) is 54.2 Å². The van der Waals surface area contributed by atoms with Gasteiger partial charge in [-0.3, -0.25) is 0 Å². The van der Waals surface area contributed by atoms with E-state index in [1.165, 1.54) is 0 Å². The van der Waals surface area contributed by atoms with Crippen molar-refractivity contribution >= 4 is 10.9 Å². The molecule has 0 unspecified atom stereocenters. The third kappa shape index (κ3) is 2.33. The summed E-state index contributed by atoms with van der Waals surface area (Å²) in [7, 11) is 0. The lowest BCUT2D eigenvalue weighted by Crippen LogP contribution is -1.94. The summed E-state index contributed by atoms with van der Waals surface area (Å²) in [5, 5.41) is 19.8. The Labute approximate surface area is 109 Å². The number of rotatable bonds is 3. The van der Waals surface area contributed by atoms with Gasteiger partial charge in [0.05, 0.1) is 11.2 Å². The molecule has 3 N–H and O–H groups in total. The van der Waals surface area contributed by atoms with Crippen LogP contribution in [-0.4, -0.2) is 15.2 Å². The molecular weight excluding hydrogens is 242 g/mol. The first-order chi connectivity index (χ1) is 9.22. The lowest BCUT2D eigenvalue weighted by molar-refractivity contribution is 0.302. The highest BCUT2D eigenvalue weighted by Crippen LogP contribution is 2.25. The number of aromatic hydroxyl groups is 2. The second-order valence-corrected chi connectivity index (χ2v) is 4.32. The number of fused-ring (bicyclic) bond motifs is 1. The minimum absolute atomic E-state index is 0.211. The highest BCUT2D eigenvalue weighted by atomic mass is 16.5. The molecule has 4 nitrogen and oxygen atoms in total. The molecular formula is C15H13NO3. The molecule has 96 valence electrons. The Morgan fingerprint density at radius 3 is 2.53 bits per heavy atom. The fourth-order valence-electron chi connectivity index (χ4n) is 1.98. The Kier molecular flexibility index (Phi) is 2.76. The summed E-state index contributed by atoms with van der Waals surface area (Å²) in [6.07, 6.45) is 0. The molecule has 0 radical (unpaired) electrons. The van der Waals surface area contributed by atoms with Crippen LogP contribution in [0.5, 0.6) is 17.2 Å². The van der Waals surface area contributed by atoms with Gasteiger partial charge in [-0.1, -0.05) is 12.1 Å². The average Bonchev–Trinajstić information content (AvgIpc) is 2.83. The molecule has 0 spiro atoms. The quantitative estimate of drug-likeness (QED) is 0.673. The van der Waals surface area contributed by atoms with E-state index in [0.717, 1.165) is 11.1 Å². The van der Waals surface area contributed by atoms with E-state index in [4.69, 9.17) is 4.74 Å². The Hall–Kier alpha value is -2.62. The summed E-state index contributed by atoms with van der Waals surface area (Å²) in [6, 6.07) is 13.9. The number of para-hydroxylation sites is 1. The van der Waals surface area contributed by atoms with Gasteiger partial charge in [-0.05, 0) is 36.4 Å². The summed E-state index contributed by atoms with van der Waals surface area (Å²) in [6.45, 7) is 0.374. The summed E-state index contributed by atoms with van der Waals surface area (Å²) in [5.74, 6) is 1.12. The normalized spacial score (nSPS) is 10.7. The van der Waals surface area contributed by atoms with Gasteiger partial charge in [-0.15, -0.1) is 0 Å². The van der Waals surface area contributed by atoms with E-state index in [2.05, 4.69) is 4.98 Å². The Balaban J connectivity index is 1.78. The Morgan fingerprint density at radius 1 is 1.00 bits per heavy atom. The van der Waals surface area contributed by atoms with Gasteiger partial charge < -0.3 is 19.9 Å². The molecule has 4 heteroatoms. The third-order valence-corrected chi connectivity index (χ3v) is 2.92. The van der Waals surface area contributed by atoms with Gasteiger partial charge in [0.25, 0.3) is 0 Å². The maximum Gasteiger partial charge on any atom is 0.139 e. The van der Waals surface area contributed by atoms with E-state index < -0.39 is 0 Å². The van der Waals surface area contributed by atoms with Gasteiger partial charge in [0, 0.05) is 5.39 Å². The fourth-order valence-corrected chi connectivity index (χ4v) is 1.98. The van der Waals surface area contributed by atoms with E-state index in [-0.39, 0.29) is 11.5 Å². The molecule has 3 rings (SSSR count). The van der Waals surface area contributed by atoms with Gasteiger partial charge in [0.1, 0.15) is 23.9 Å². The van der Waals surface area contributed by atoms with Crippen LogP contribution in [0.2, 0.25) is 0 Å². The maximum absolute atomic E-state index is 9.70. The monoisotopic (exact) mass is 255 g/mol. The second kappa shape index (κ2) is 4.57. The minimum atomic E-state index is 0.211. The lowest BCUT2D eigenvalue weighted by Gasteiger charge is -2.04. The van der Waals surface area contributed by atoms with Gasteiger partial charge >= 0.3 is 0 Å². The number of H-pyrrole nitrogens is 1. The van der Waals surface area contributed by atoms with Crippen LogP contribution in [0.4, 0.5) is 0 Å². The average molecular weight is 255 g/mol. The van der Waals surface area contributed by atoms with Gasteiger partial charge in [-0.25, -0.2) is 0 Å². The van der Waals surface area contributed by atoms with Gasteiger partial charge in [0.2, 0.25) is 0 Å². The highest BCUT2D eigenvalue weighted by Gasteiger charge is 2.05. The number of phenols is 2. The summed E-state index contributed by atoms with van der Waals surface area (Å²) in [4.78, 5) is 3.12. The van der Waals surface area contributed by atoms with E-state index in [1.54, 1.807) is 36.4 Å². The van der Waals surface area contributed by atoms with Gasteiger partial charge in [0.15, 0.2) is 0 Å². The number of hydrogen-bond donors (Lipinski definition) is 3. The van der Waals surface area contributed by atoms with Crippen LogP contribution >= 0.6 is 0 Å². The van der Waals surface area contributed by atoms with E-state index in [9.17, 15) is 10.2 Å². The van der Waals surface area contributed by atoms with Crippen molar-refractivity contribution in [3.63, 3.8) is 0 Å². The van der Waals surface area contributed by atoms with Crippen LogP contribution in [0.1, 0.15) is 5.69 Å². The van der Waals surface area contributed by atoms with Crippen LogP contribution < -0.4 is 4.74 Å². The number of aromatic nitrogens is 1. The largest absolute Gasteiger partial charge is 0.508 e. The number of nitrogens with one attached hydrogen (secondary N) is 1. The van der Waals surface area contributed by atoms with E-state index >= 15 is 0 Å². The van der Waals surface area contributed by atoms with Crippen molar-refractivity contribution in [3.8, 4) is 17.2 Å². The Morgan fingerprint density at radius 2 is 1.79 bits per heavy atom. The molecule has 0 fully saturated rings. The summed E-state index contributed by atoms with van der Waals surface area (Å²) in [5.41, 5.74) is 1.59. The topological polar surface area (TPSA) is 65.5 Å². The molecule has 0 bridgehead atoms. The first-order valence-electron chi connectivity index (χ1n) is 5.94. The molecule has 0 aliphatic rings. The number of benzene rings is 2. The lowest BCUT2D eigenvalue weighted by atomic mass is 10.2. The van der Waals surface area contributed by atoms with E-state index in [1.807, 2.05) is 12.1 Å². The van der Waals surface area contributed by atoms with Crippen LogP contribution in [0.15, 0.2) is 48.5 Å². The molecule has 1 aromatic heterocycles. The predicted molar refractivity (Wildman–Crippen MR) is 72.4 cm³/mol. The second-order valence-electron chi connectivity index (χ2n) is 4.32. The predicted octanol–water partition coefficient (Wildman–Crippen LogP) is 3.16. The molecule has 1 heterocycles. The van der Waals surface area contributed by atoms with Crippen molar-refractivity contribution in [1.29, 1.82) is 0 Å². The Bertz CT molecular complexity index is 701.